The van der Waals surface area contributed by atoms with Gasteiger partial charge in [-0.25, -0.2) is 0 Å². The molecule has 338 valence electrons. The molecule has 0 N–H and O–H groups in total. The van der Waals surface area contributed by atoms with Crippen LogP contribution in [0.2, 0.25) is 0 Å². The van der Waals surface area contributed by atoms with Crippen molar-refractivity contribution < 1.29 is 0 Å². The lowest BCUT2D eigenvalue weighted by Gasteiger charge is -2.18. The van der Waals surface area contributed by atoms with Crippen molar-refractivity contribution in [3.05, 3.63) is 284 Å². The van der Waals surface area contributed by atoms with Crippen molar-refractivity contribution in [2.24, 2.45) is 4.99 Å². The van der Waals surface area contributed by atoms with Crippen LogP contribution in [0.1, 0.15) is 24.0 Å². The summed E-state index contributed by atoms with van der Waals surface area (Å²) in [5, 5.41) is 12.8. The van der Waals surface area contributed by atoms with E-state index in [0.717, 1.165) is 11.4 Å². The lowest BCUT2D eigenvalue weighted by Crippen LogP contribution is -2.06. The minimum absolute atomic E-state index is 0.210. The van der Waals surface area contributed by atoms with E-state index in [9.17, 15) is 0 Å². The molecule has 1 nitrogen and oxygen atoms in total. The smallest absolute Gasteiger partial charge is 0.0671 e. The monoisotopic (exact) mass is 915 g/mol. The summed E-state index contributed by atoms with van der Waals surface area (Å²) in [6, 6.07) is 98.8. The minimum atomic E-state index is 0.210. The molecule has 1 atom stereocenters. The highest BCUT2D eigenvalue weighted by molar-refractivity contribution is 6.23. The predicted octanol–water partition coefficient (Wildman–Crippen LogP) is 19.7. The maximum Gasteiger partial charge on any atom is 0.0671 e. The molecule has 1 unspecified atom stereocenters. The van der Waals surface area contributed by atoms with Gasteiger partial charge in [-0.2, -0.15) is 0 Å². The molecule has 1 heterocycles. The molecule has 0 radical (unpaired) electrons. The topological polar surface area (TPSA) is 12.4 Å². The zero-order valence-corrected chi connectivity index (χ0v) is 40.0. The highest BCUT2D eigenvalue weighted by Gasteiger charge is 2.26. The SMILES string of the molecule is CC1=Nc2ccc(-c3ccc(-c4c5ccccc5c(-c5ccccc5)c5ccccc45)cc3)cc2C1c1ccccc1.c1ccc(-c2c3ccccc3c(-c3ccc4ccccc4c3)c3ccccc23)cc1. The Morgan fingerprint density at radius 3 is 1.08 bits per heavy atom. The van der Waals surface area contributed by atoms with Crippen molar-refractivity contribution in [2.75, 3.05) is 0 Å². The summed E-state index contributed by atoms with van der Waals surface area (Å²) in [4.78, 5) is 4.90. The molecule has 0 saturated carbocycles. The fourth-order valence-corrected chi connectivity index (χ4v) is 11.5. The first kappa shape index (κ1) is 42.9. The molecule has 0 aliphatic carbocycles. The number of nitrogens with zero attached hydrogens (tertiary/aromatic N) is 1. The summed E-state index contributed by atoms with van der Waals surface area (Å²) in [5.74, 6) is 0.210. The van der Waals surface area contributed by atoms with Gasteiger partial charge in [0, 0.05) is 11.6 Å². The van der Waals surface area contributed by atoms with Gasteiger partial charge in [-0.15, -0.1) is 0 Å². The van der Waals surface area contributed by atoms with E-state index in [4.69, 9.17) is 4.99 Å². The summed E-state index contributed by atoms with van der Waals surface area (Å²) in [6.45, 7) is 2.14. The fourth-order valence-electron chi connectivity index (χ4n) is 11.5. The third kappa shape index (κ3) is 7.55. The second kappa shape index (κ2) is 18.3. The normalized spacial score (nSPS) is 13.0. The van der Waals surface area contributed by atoms with Crippen molar-refractivity contribution in [3.8, 4) is 55.6 Å². The average molecular weight is 916 g/mol. The fraction of sp³-hybridized carbons (Fsp3) is 0.0282. The van der Waals surface area contributed by atoms with E-state index < -0.39 is 0 Å². The molecule has 0 amide bonds. The molecule has 1 aliphatic rings. The zero-order valence-electron chi connectivity index (χ0n) is 40.0. The van der Waals surface area contributed by atoms with Crippen LogP contribution in [0.25, 0.3) is 109 Å². The zero-order chi connectivity index (χ0) is 48.0. The van der Waals surface area contributed by atoms with Gasteiger partial charge in [0.1, 0.15) is 0 Å². The Hall–Kier alpha value is -9.17. The molecule has 0 bridgehead atoms. The molecule has 14 rings (SSSR count). The third-order valence-corrected chi connectivity index (χ3v) is 14.7. The van der Waals surface area contributed by atoms with Crippen LogP contribution in [0, 0.1) is 0 Å². The van der Waals surface area contributed by atoms with Gasteiger partial charge in [0.15, 0.2) is 0 Å². The van der Waals surface area contributed by atoms with Gasteiger partial charge < -0.3 is 0 Å². The Balaban J connectivity index is 0.000000148. The van der Waals surface area contributed by atoms with Crippen molar-refractivity contribution in [2.45, 2.75) is 12.8 Å². The van der Waals surface area contributed by atoms with Crippen LogP contribution in [0.4, 0.5) is 5.69 Å². The number of fused-ring (bicyclic) bond motifs is 6. The van der Waals surface area contributed by atoms with E-state index in [1.54, 1.807) is 0 Å². The van der Waals surface area contributed by atoms with Gasteiger partial charge in [-0.05, 0) is 146 Å². The number of hydrogen-bond donors (Lipinski definition) is 0. The summed E-state index contributed by atoms with van der Waals surface area (Å²) in [5.41, 5.74) is 17.5. The largest absolute Gasteiger partial charge is 0.257 e. The Morgan fingerprint density at radius 1 is 0.264 bits per heavy atom. The lowest BCUT2D eigenvalue weighted by molar-refractivity contribution is 1.11. The van der Waals surface area contributed by atoms with Gasteiger partial charge in [0.2, 0.25) is 0 Å². The molecule has 1 aliphatic heterocycles. The van der Waals surface area contributed by atoms with Gasteiger partial charge in [-0.1, -0.05) is 255 Å². The molecule has 0 fully saturated rings. The summed E-state index contributed by atoms with van der Waals surface area (Å²) < 4.78 is 0. The van der Waals surface area contributed by atoms with E-state index in [1.807, 2.05) is 0 Å². The first-order valence-corrected chi connectivity index (χ1v) is 25.0. The first-order valence-electron chi connectivity index (χ1n) is 25.0. The van der Waals surface area contributed by atoms with Crippen LogP contribution in [-0.2, 0) is 0 Å². The predicted molar refractivity (Wildman–Crippen MR) is 309 cm³/mol. The Morgan fingerprint density at radius 2 is 0.611 bits per heavy atom. The van der Waals surface area contributed by atoms with Gasteiger partial charge in [0.25, 0.3) is 0 Å². The van der Waals surface area contributed by atoms with E-state index in [0.29, 0.717) is 0 Å². The molecule has 13 aromatic carbocycles. The van der Waals surface area contributed by atoms with Crippen molar-refractivity contribution in [1.82, 2.24) is 0 Å². The second-order valence-corrected chi connectivity index (χ2v) is 18.9. The van der Waals surface area contributed by atoms with Gasteiger partial charge in [-0.3, -0.25) is 4.99 Å². The highest BCUT2D eigenvalue weighted by Crippen LogP contribution is 2.47. The Bertz CT molecular complexity index is 4080. The van der Waals surface area contributed by atoms with Crippen LogP contribution in [0.15, 0.2) is 278 Å². The van der Waals surface area contributed by atoms with E-state index in [1.165, 1.54) is 121 Å². The summed E-state index contributed by atoms with van der Waals surface area (Å²) in [6.07, 6.45) is 0. The molecule has 0 aromatic heterocycles. The lowest BCUT2D eigenvalue weighted by atomic mass is 9.85. The molecular weight excluding hydrogens is 867 g/mol. The van der Waals surface area contributed by atoms with Crippen LogP contribution < -0.4 is 0 Å². The highest BCUT2D eigenvalue weighted by atomic mass is 14.8. The number of aliphatic imine (C=N–C) groups is 1. The maximum absolute atomic E-state index is 4.90. The van der Waals surface area contributed by atoms with E-state index in [-0.39, 0.29) is 5.92 Å². The molecule has 13 aromatic rings. The van der Waals surface area contributed by atoms with Gasteiger partial charge in [0.05, 0.1) is 5.69 Å². The van der Waals surface area contributed by atoms with E-state index >= 15 is 0 Å². The van der Waals surface area contributed by atoms with Crippen molar-refractivity contribution in [1.29, 1.82) is 0 Å². The number of hydrogen-bond acceptors (Lipinski definition) is 1. The molecule has 0 saturated heterocycles. The van der Waals surface area contributed by atoms with Crippen LogP contribution in [-0.4, -0.2) is 5.71 Å². The van der Waals surface area contributed by atoms with Crippen LogP contribution in [0.3, 0.4) is 0 Å². The standard InChI is InChI=1S/C41H29N.C30H20/c1-27-39(29-12-4-2-5-13-29)37-26-32(24-25-38(37)42-27)28-20-22-31(23-21-28)41-35-18-10-8-16-33(35)40(30-14-6-3-7-15-30)34-17-9-11-19-36(34)41;1-2-11-22(12-3-1)29-25-14-6-8-16-27(25)30(28-17-9-7-15-26(28)29)24-19-18-21-10-4-5-13-23(21)20-24/h2-26,39H,1H3;1-20H. The quantitative estimate of drug-likeness (QED) is 0.147. The van der Waals surface area contributed by atoms with Crippen molar-refractivity contribution in [3.63, 3.8) is 0 Å². The van der Waals surface area contributed by atoms with Crippen LogP contribution >= 0.6 is 0 Å². The average Bonchev–Trinajstić information content (AvgIpc) is 3.79. The first-order chi connectivity index (χ1) is 35.7. The maximum atomic E-state index is 4.90. The third-order valence-electron chi connectivity index (χ3n) is 14.7. The van der Waals surface area contributed by atoms with E-state index in [2.05, 4.69) is 280 Å². The van der Waals surface area contributed by atoms with Crippen molar-refractivity contribution >= 4 is 65.3 Å². The number of rotatable bonds is 6. The minimum Gasteiger partial charge on any atom is -0.257 e. The second-order valence-electron chi connectivity index (χ2n) is 18.9. The summed E-state index contributed by atoms with van der Waals surface area (Å²) in [7, 11) is 0. The van der Waals surface area contributed by atoms with Crippen LogP contribution in [0.5, 0.6) is 0 Å². The Kier molecular flexibility index (Phi) is 10.9. The number of benzene rings is 13. The molecule has 72 heavy (non-hydrogen) atoms. The molecule has 0 spiro atoms. The van der Waals surface area contributed by atoms with Gasteiger partial charge >= 0.3 is 0 Å². The molecule has 1 heteroatoms. The summed E-state index contributed by atoms with van der Waals surface area (Å²) >= 11 is 0. The molecular formula is C71H49N. The Labute approximate surface area is 420 Å².